The quantitative estimate of drug-likeness (QED) is 0.667. The highest BCUT2D eigenvalue weighted by molar-refractivity contribution is 5.76. The molecule has 5 heterocycles. The Kier molecular flexibility index (Phi) is 3.69. The van der Waals surface area contributed by atoms with Gasteiger partial charge in [0, 0.05) is 19.6 Å². The number of nitrogens with zero attached hydrogens (tertiary/aromatic N) is 7. The number of imidazole rings is 1. The second kappa shape index (κ2) is 6.39. The third kappa shape index (κ3) is 2.61. The van der Waals surface area contributed by atoms with Crippen molar-refractivity contribution in [3.05, 3.63) is 30.6 Å². The molecule has 0 aliphatic carbocycles. The van der Waals surface area contributed by atoms with Gasteiger partial charge in [0.1, 0.15) is 6.33 Å². The van der Waals surface area contributed by atoms with Crippen molar-refractivity contribution >= 4 is 22.9 Å². The molecule has 2 aromatic heterocycles. The maximum atomic E-state index is 5.76. The van der Waals surface area contributed by atoms with E-state index in [4.69, 9.17) is 24.4 Å². The smallest absolute Gasteiger partial charge is 0.242 e. The van der Waals surface area contributed by atoms with Gasteiger partial charge in [-0.25, -0.2) is 4.98 Å². The van der Waals surface area contributed by atoms with Crippen molar-refractivity contribution in [3.63, 3.8) is 0 Å². The number of hydrogen-bond acceptors (Lipinski definition) is 8. The minimum Gasteiger partial charge on any atom is -0.378 e. The van der Waals surface area contributed by atoms with Gasteiger partial charge in [0.05, 0.1) is 43.0 Å². The molecule has 2 atom stereocenters. The first-order valence-corrected chi connectivity index (χ1v) is 9.75. The number of benzene rings is 1. The van der Waals surface area contributed by atoms with Crippen LogP contribution in [-0.2, 0) is 9.47 Å². The summed E-state index contributed by atoms with van der Waals surface area (Å²) in [4.78, 5) is 23.4. The van der Waals surface area contributed by atoms with E-state index in [2.05, 4.69) is 14.8 Å². The van der Waals surface area contributed by atoms with Gasteiger partial charge in [-0.05, 0) is 18.6 Å². The Labute approximate surface area is 161 Å². The van der Waals surface area contributed by atoms with Crippen molar-refractivity contribution in [2.75, 3.05) is 49.3 Å². The second-order valence-corrected chi connectivity index (χ2v) is 7.44. The van der Waals surface area contributed by atoms with Crippen LogP contribution in [0.2, 0.25) is 0 Å². The molecule has 3 fully saturated rings. The Bertz CT molecular complexity index is 1020. The molecule has 6 rings (SSSR count). The van der Waals surface area contributed by atoms with Crippen LogP contribution in [-0.4, -0.2) is 76.1 Å². The van der Waals surface area contributed by atoms with Crippen molar-refractivity contribution in [3.8, 4) is 5.95 Å². The van der Waals surface area contributed by atoms with Gasteiger partial charge >= 0.3 is 0 Å². The van der Waals surface area contributed by atoms with Gasteiger partial charge < -0.3 is 19.3 Å². The van der Waals surface area contributed by atoms with Crippen molar-refractivity contribution in [2.24, 2.45) is 0 Å². The van der Waals surface area contributed by atoms with Gasteiger partial charge in [-0.15, -0.1) is 0 Å². The average molecular weight is 379 g/mol. The molecule has 144 valence electrons. The zero-order valence-electron chi connectivity index (χ0n) is 15.4. The summed E-state index contributed by atoms with van der Waals surface area (Å²) in [5.41, 5.74) is 1.91. The van der Waals surface area contributed by atoms with E-state index in [-0.39, 0.29) is 6.10 Å². The van der Waals surface area contributed by atoms with Crippen LogP contribution in [0.1, 0.15) is 6.42 Å². The molecule has 3 saturated heterocycles. The first-order chi connectivity index (χ1) is 13.8. The third-order valence-electron chi connectivity index (χ3n) is 5.72. The second-order valence-electron chi connectivity index (χ2n) is 7.44. The Morgan fingerprint density at radius 2 is 1.79 bits per heavy atom. The molecule has 3 aromatic rings. The lowest BCUT2D eigenvalue weighted by atomic mass is 10.2. The predicted octanol–water partition coefficient (Wildman–Crippen LogP) is 1.02. The summed E-state index contributed by atoms with van der Waals surface area (Å²) in [6.07, 6.45) is 3.11. The number of hydrogen-bond donors (Lipinski definition) is 0. The standard InChI is InChI=1S/C19H21N7O2/c1-2-4-16-15(3-1)20-12-26(16)19-22-17(24-5-7-27-8-6-24)21-18(23-19)25-10-14-9-13(25)11-28-14/h1-4,12-14H,5-11H2. The highest BCUT2D eigenvalue weighted by atomic mass is 16.5. The number of anilines is 2. The molecular formula is C19H21N7O2. The van der Waals surface area contributed by atoms with Crippen LogP contribution in [0.25, 0.3) is 17.0 Å². The SMILES string of the molecule is c1ccc2c(c1)ncn2-c1nc(N2CCOCC2)nc(N2CC3CC2CO3)n1. The lowest BCUT2D eigenvalue weighted by Crippen LogP contribution is -2.40. The topological polar surface area (TPSA) is 81.4 Å². The number of morpholine rings is 2. The van der Waals surface area contributed by atoms with E-state index in [1.54, 1.807) is 6.33 Å². The van der Waals surface area contributed by atoms with E-state index in [0.29, 0.717) is 31.2 Å². The molecule has 0 spiro atoms. The maximum Gasteiger partial charge on any atom is 0.242 e. The summed E-state index contributed by atoms with van der Waals surface area (Å²) < 4.78 is 13.2. The van der Waals surface area contributed by atoms with Crippen LogP contribution < -0.4 is 9.80 Å². The molecule has 1 aromatic carbocycles. The van der Waals surface area contributed by atoms with Crippen LogP contribution in [0.5, 0.6) is 0 Å². The summed E-state index contributed by atoms with van der Waals surface area (Å²) in [5, 5.41) is 0. The van der Waals surface area contributed by atoms with Crippen molar-refractivity contribution < 1.29 is 9.47 Å². The molecular weight excluding hydrogens is 358 g/mol. The first-order valence-electron chi connectivity index (χ1n) is 9.75. The monoisotopic (exact) mass is 379 g/mol. The zero-order valence-corrected chi connectivity index (χ0v) is 15.4. The number of rotatable bonds is 3. The number of aromatic nitrogens is 5. The summed E-state index contributed by atoms with van der Waals surface area (Å²) >= 11 is 0. The Balaban J connectivity index is 1.47. The van der Waals surface area contributed by atoms with Gasteiger partial charge in [-0.2, -0.15) is 15.0 Å². The fourth-order valence-electron chi connectivity index (χ4n) is 4.25. The molecule has 0 amide bonds. The summed E-state index contributed by atoms with van der Waals surface area (Å²) in [5.74, 6) is 2.02. The highest BCUT2D eigenvalue weighted by Crippen LogP contribution is 2.32. The fraction of sp³-hybridized carbons (Fsp3) is 0.474. The van der Waals surface area contributed by atoms with Gasteiger partial charge in [-0.1, -0.05) is 12.1 Å². The van der Waals surface area contributed by atoms with E-state index < -0.39 is 0 Å². The van der Waals surface area contributed by atoms with Crippen molar-refractivity contribution in [2.45, 2.75) is 18.6 Å². The lowest BCUT2D eigenvalue weighted by molar-refractivity contribution is 0.0986. The molecule has 0 saturated carbocycles. The molecule has 28 heavy (non-hydrogen) atoms. The molecule has 9 nitrogen and oxygen atoms in total. The maximum absolute atomic E-state index is 5.76. The normalized spacial score (nSPS) is 24.4. The lowest BCUT2D eigenvalue weighted by Gasteiger charge is -2.30. The van der Waals surface area contributed by atoms with E-state index in [1.807, 2.05) is 28.8 Å². The Hall–Kier alpha value is -2.78. The minimum absolute atomic E-state index is 0.283. The van der Waals surface area contributed by atoms with Gasteiger partial charge in [0.15, 0.2) is 0 Å². The Morgan fingerprint density at radius 1 is 0.964 bits per heavy atom. The van der Waals surface area contributed by atoms with Crippen LogP contribution >= 0.6 is 0 Å². The third-order valence-corrected chi connectivity index (χ3v) is 5.72. The number of fused-ring (bicyclic) bond motifs is 3. The van der Waals surface area contributed by atoms with Crippen molar-refractivity contribution in [1.29, 1.82) is 0 Å². The summed E-state index contributed by atoms with van der Waals surface area (Å²) in [7, 11) is 0. The van der Waals surface area contributed by atoms with E-state index in [9.17, 15) is 0 Å². The van der Waals surface area contributed by atoms with E-state index in [0.717, 1.165) is 49.6 Å². The molecule has 3 aliphatic rings. The zero-order chi connectivity index (χ0) is 18.5. The summed E-state index contributed by atoms with van der Waals surface area (Å²) in [6, 6.07) is 8.36. The van der Waals surface area contributed by atoms with Gasteiger partial charge in [-0.3, -0.25) is 4.57 Å². The average Bonchev–Trinajstić information content (AvgIpc) is 3.49. The molecule has 0 N–H and O–H groups in total. The predicted molar refractivity (Wildman–Crippen MR) is 103 cm³/mol. The largest absolute Gasteiger partial charge is 0.378 e. The van der Waals surface area contributed by atoms with E-state index >= 15 is 0 Å². The minimum atomic E-state index is 0.283. The number of para-hydroxylation sites is 2. The van der Waals surface area contributed by atoms with Crippen LogP contribution in [0.3, 0.4) is 0 Å². The highest BCUT2D eigenvalue weighted by Gasteiger charge is 2.40. The molecule has 9 heteroatoms. The van der Waals surface area contributed by atoms with Gasteiger partial charge in [0.25, 0.3) is 0 Å². The van der Waals surface area contributed by atoms with Crippen molar-refractivity contribution in [1.82, 2.24) is 24.5 Å². The van der Waals surface area contributed by atoms with Crippen LogP contribution in [0.4, 0.5) is 11.9 Å². The molecule has 0 radical (unpaired) electrons. The molecule has 3 aliphatic heterocycles. The summed E-state index contributed by atoms with van der Waals surface area (Å²) in [6.45, 7) is 4.51. The van der Waals surface area contributed by atoms with Gasteiger partial charge in [0.2, 0.25) is 17.8 Å². The Morgan fingerprint density at radius 3 is 2.61 bits per heavy atom. The molecule has 2 bridgehead atoms. The fourth-order valence-corrected chi connectivity index (χ4v) is 4.25. The molecule has 2 unspecified atom stereocenters. The first kappa shape index (κ1) is 16.2. The van der Waals surface area contributed by atoms with E-state index in [1.165, 1.54) is 0 Å². The number of ether oxygens (including phenoxy) is 2. The van der Waals surface area contributed by atoms with Crippen LogP contribution in [0, 0.1) is 0 Å². The van der Waals surface area contributed by atoms with Crippen LogP contribution in [0.15, 0.2) is 30.6 Å².